The fourth-order valence-electron chi connectivity index (χ4n) is 1.21. The average molecular weight is 258 g/mol. The maximum atomic E-state index is 13.3. The van der Waals surface area contributed by atoms with Gasteiger partial charge in [0.05, 0.1) is 11.0 Å². The number of aryl methyl sites for hydroxylation is 1. The summed E-state index contributed by atoms with van der Waals surface area (Å²) < 4.78 is 13.6. The zero-order valence-corrected chi connectivity index (χ0v) is 9.48. The molecule has 2 nitrogen and oxygen atoms in total. The minimum atomic E-state index is -0.329. The summed E-state index contributed by atoms with van der Waals surface area (Å²) in [6, 6.07) is 1.45. The number of carbonyl (C=O) groups excluding carboxylic acids is 1. The van der Waals surface area contributed by atoms with Crippen LogP contribution in [0.15, 0.2) is 15.5 Å². The van der Waals surface area contributed by atoms with Crippen molar-refractivity contribution in [2.24, 2.45) is 4.99 Å². The summed E-state index contributed by atoms with van der Waals surface area (Å²) in [6.07, 6.45) is 1.44. The van der Waals surface area contributed by atoms with Crippen LogP contribution < -0.4 is 0 Å². The molecule has 0 bridgehead atoms. The van der Waals surface area contributed by atoms with Gasteiger partial charge in [0.1, 0.15) is 5.82 Å². The number of halogens is 2. The second-order valence-corrected chi connectivity index (χ2v) is 3.79. The highest BCUT2D eigenvalue weighted by Gasteiger charge is 2.10. The minimum absolute atomic E-state index is 0.161. The molecule has 1 rings (SSSR count). The highest BCUT2D eigenvalue weighted by Crippen LogP contribution is 2.27. The van der Waals surface area contributed by atoms with Crippen molar-refractivity contribution in [1.29, 1.82) is 0 Å². The number of rotatable bonds is 2. The molecule has 1 aromatic carbocycles. The number of benzene rings is 1. The van der Waals surface area contributed by atoms with E-state index in [1.807, 2.05) is 13.8 Å². The standard InChI is InChI=1S/C10H9BrFNO/c1-6-3-9(12)10(11)8(7(6)2)4-13-5-14/h3H,4H2,1-2H3. The van der Waals surface area contributed by atoms with E-state index in [-0.39, 0.29) is 12.4 Å². The van der Waals surface area contributed by atoms with Crippen LogP contribution in [-0.4, -0.2) is 6.08 Å². The maximum Gasteiger partial charge on any atom is 0.235 e. The van der Waals surface area contributed by atoms with Crippen LogP contribution in [0.3, 0.4) is 0 Å². The highest BCUT2D eigenvalue weighted by atomic mass is 79.9. The summed E-state index contributed by atoms with van der Waals surface area (Å²) in [7, 11) is 0. The molecular formula is C10H9BrFNO. The normalized spacial score (nSPS) is 9.71. The predicted molar refractivity (Wildman–Crippen MR) is 55.4 cm³/mol. The molecule has 74 valence electrons. The lowest BCUT2D eigenvalue weighted by atomic mass is 10.0. The number of isocyanates is 1. The van der Waals surface area contributed by atoms with E-state index in [9.17, 15) is 9.18 Å². The molecule has 0 aromatic heterocycles. The average Bonchev–Trinajstić information content (AvgIpc) is 2.15. The van der Waals surface area contributed by atoms with Gasteiger partial charge < -0.3 is 0 Å². The molecular weight excluding hydrogens is 249 g/mol. The lowest BCUT2D eigenvalue weighted by Crippen LogP contribution is -1.96. The van der Waals surface area contributed by atoms with Crippen LogP contribution in [0.4, 0.5) is 4.39 Å². The molecule has 0 unspecified atom stereocenters. The van der Waals surface area contributed by atoms with Crippen molar-refractivity contribution < 1.29 is 9.18 Å². The molecule has 14 heavy (non-hydrogen) atoms. The second kappa shape index (κ2) is 4.49. The summed E-state index contributed by atoms with van der Waals surface area (Å²) in [5, 5.41) is 0. The summed E-state index contributed by atoms with van der Waals surface area (Å²) in [6.45, 7) is 3.85. The molecule has 0 fully saturated rings. The molecule has 0 amide bonds. The zero-order chi connectivity index (χ0) is 10.7. The fourth-order valence-corrected chi connectivity index (χ4v) is 1.75. The number of hydrogen-bond donors (Lipinski definition) is 0. The van der Waals surface area contributed by atoms with Gasteiger partial charge in [0.15, 0.2) is 0 Å². The van der Waals surface area contributed by atoms with Gasteiger partial charge in [-0.1, -0.05) is 0 Å². The van der Waals surface area contributed by atoms with Gasteiger partial charge in [-0.25, -0.2) is 14.2 Å². The first kappa shape index (κ1) is 11.1. The zero-order valence-electron chi connectivity index (χ0n) is 7.90. The summed E-state index contributed by atoms with van der Waals surface area (Å²) in [5.74, 6) is -0.329. The Bertz CT molecular complexity index is 385. The van der Waals surface area contributed by atoms with Gasteiger partial charge in [0, 0.05) is 0 Å². The summed E-state index contributed by atoms with van der Waals surface area (Å²) >= 11 is 3.13. The van der Waals surface area contributed by atoms with E-state index < -0.39 is 0 Å². The van der Waals surface area contributed by atoms with Crippen LogP contribution in [0.5, 0.6) is 0 Å². The Morgan fingerprint density at radius 3 is 2.79 bits per heavy atom. The number of hydrogen-bond acceptors (Lipinski definition) is 2. The van der Waals surface area contributed by atoms with Crippen molar-refractivity contribution >= 4 is 22.0 Å². The molecule has 0 spiro atoms. The Hall–Kier alpha value is -0.990. The largest absolute Gasteiger partial charge is 0.235 e. The van der Waals surface area contributed by atoms with Crippen molar-refractivity contribution in [1.82, 2.24) is 0 Å². The first-order chi connectivity index (χ1) is 6.57. The molecule has 0 aliphatic carbocycles. The van der Waals surface area contributed by atoms with E-state index >= 15 is 0 Å². The first-order valence-electron chi connectivity index (χ1n) is 4.05. The quantitative estimate of drug-likeness (QED) is 0.592. The van der Waals surface area contributed by atoms with Crippen molar-refractivity contribution in [3.63, 3.8) is 0 Å². The van der Waals surface area contributed by atoms with Gasteiger partial charge in [-0.2, -0.15) is 0 Å². The monoisotopic (exact) mass is 257 g/mol. The Kier molecular flexibility index (Phi) is 3.55. The summed E-state index contributed by atoms with van der Waals surface area (Å²) in [4.78, 5) is 13.4. The van der Waals surface area contributed by atoms with Crippen molar-refractivity contribution in [2.45, 2.75) is 20.4 Å². The van der Waals surface area contributed by atoms with Crippen LogP contribution in [0.2, 0.25) is 0 Å². The van der Waals surface area contributed by atoms with Gasteiger partial charge in [-0.3, -0.25) is 0 Å². The molecule has 0 N–H and O–H groups in total. The second-order valence-electron chi connectivity index (χ2n) is 3.00. The molecule has 1 aromatic rings. The molecule has 0 radical (unpaired) electrons. The maximum absolute atomic E-state index is 13.3. The van der Waals surface area contributed by atoms with Gasteiger partial charge >= 0.3 is 0 Å². The van der Waals surface area contributed by atoms with Gasteiger partial charge in [-0.05, 0) is 52.5 Å². The number of nitrogens with zero attached hydrogens (tertiary/aromatic N) is 1. The van der Waals surface area contributed by atoms with Crippen LogP contribution in [0.1, 0.15) is 16.7 Å². The fraction of sp³-hybridized carbons (Fsp3) is 0.300. The van der Waals surface area contributed by atoms with E-state index in [1.54, 1.807) is 0 Å². The Morgan fingerprint density at radius 1 is 1.57 bits per heavy atom. The summed E-state index contributed by atoms with van der Waals surface area (Å²) in [5.41, 5.74) is 2.49. The molecule has 0 aliphatic rings. The molecule has 0 saturated heterocycles. The third kappa shape index (κ3) is 2.08. The van der Waals surface area contributed by atoms with Gasteiger partial charge in [0.2, 0.25) is 6.08 Å². The van der Waals surface area contributed by atoms with Crippen LogP contribution >= 0.6 is 15.9 Å². The lowest BCUT2D eigenvalue weighted by Gasteiger charge is -2.09. The predicted octanol–water partition coefficient (Wildman–Crippen LogP) is 3.04. The number of aliphatic imine (C=N–C) groups is 1. The van der Waals surface area contributed by atoms with E-state index in [0.29, 0.717) is 10.0 Å². The van der Waals surface area contributed by atoms with Crippen molar-refractivity contribution in [3.05, 3.63) is 33.0 Å². The third-order valence-electron chi connectivity index (χ3n) is 2.16. The van der Waals surface area contributed by atoms with Gasteiger partial charge in [-0.15, -0.1) is 0 Å². The van der Waals surface area contributed by atoms with Crippen molar-refractivity contribution in [2.75, 3.05) is 0 Å². The molecule has 0 atom stereocenters. The molecule has 0 saturated carbocycles. The Labute approximate surface area is 90.0 Å². The van der Waals surface area contributed by atoms with Crippen LogP contribution in [0.25, 0.3) is 0 Å². The minimum Gasteiger partial charge on any atom is -0.211 e. The van der Waals surface area contributed by atoms with E-state index in [0.717, 1.165) is 11.1 Å². The first-order valence-corrected chi connectivity index (χ1v) is 4.85. The van der Waals surface area contributed by atoms with E-state index in [1.165, 1.54) is 12.1 Å². The Morgan fingerprint density at radius 2 is 2.21 bits per heavy atom. The molecule has 0 aliphatic heterocycles. The topological polar surface area (TPSA) is 29.4 Å². The molecule has 0 heterocycles. The Balaban J connectivity index is 3.31. The highest BCUT2D eigenvalue weighted by molar-refractivity contribution is 9.10. The van der Waals surface area contributed by atoms with Gasteiger partial charge in [0.25, 0.3) is 0 Å². The molecule has 4 heteroatoms. The smallest absolute Gasteiger partial charge is 0.211 e. The van der Waals surface area contributed by atoms with E-state index in [4.69, 9.17) is 0 Å². The lowest BCUT2D eigenvalue weighted by molar-refractivity contribution is 0.562. The van der Waals surface area contributed by atoms with E-state index in [2.05, 4.69) is 20.9 Å². The third-order valence-corrected chi connectivity index (χ3v) is 3.02. The van der Waals surface area contributed by atoms with Crippen LogP contribution in [-0.2, 0) is 11.3 Å². The SMILES string of the molecule is Cc1cc(F)c(Br)c(CN=C=O)c1C. The van der Waals surface area contributed by atoms with Crippen molar-refractivity contribution in [3.8, 4) is 0 Å². The van der Waals surface area contributed by atoms with Crippen LogP contribution in [0, 0.1) is 19.7 Å².